The van der Waals surface area contributed by atoms with Gasteiger partial charge in [0.15, 0.2) is 0 Å². The van der Waals surface area contributed by atoms with Crippen molar-refractivity contribution in [1.82, 2.24) is 0 Å². The molecular formula is C17H17FN2O3. The van der Waals surface area contributed by atoms with Gasteiger partial charge in [-0.15, -0.1) is 0 Å². The van der Waals surface area contributed by atoms with Gasteiger partial charge in [-0.3, -0.25) is 4.79 Å². The van der Waals surface area contributed by atoms with Crippen LogP contribution < -0.4 is 10.6 Å². The summed E-state index contributed by atoms with van der Waals surface area (Å²) in [6.45, 7) is 0.387. The van der Waals surface area contributed by atoms with Crippen molar-refractivity contribution in [2.75, 3.05) is 24.3 Å². The Balaban J connectivity index is 1.79. The number of para-hydroxylation sites is 1. The molecule has 23 heavy (non-hydrogen) atoms. The number of hydrogen-bond acceptors (Lipinski definition) is 4. The van der Waals surface area contributed by atoms with Crippen molar-refractivity contribution in [1.29, 1.82) is 0 Å². The van der Waals surface area contributed by atoms with Gasteiger partial charge in [0, 0.05) is 18.7 Å². The predicted molar refractivity (Wildman–Crippen MR) is 85.9 cm³/mol. The van der Waals surface area contributed by atoms with Crippen molar-refractivity contribution in [3.05, 3.63) is 59.9 Å². The first-order valence-electron chi connectivity index (χ1n) is 7.07. The van der Waals surface area contributed by atoms with E-state index in [2.05, 4.69) is 15.4 Å². The second kappa shape index (κ2) is 7.93. The number of esters is 1. The Kier molecular flexibility index (Phi) is 5.68. The molecule has 1 amide bonds. The van der Waals surface area contributed by atoms with E-state index in [1.807, 2.05) is 0 Å². The molecule has 2 N–H and O–H groups in total. The number of amides is 1. The maximum atomic E-state index is 13.4. The summed E-state index contributed by atoms with van der Waals surface area (Å²) in [6.07, 6.45) is 0.188. The Bertz CT molecular complexity index is 686. The molecule has 0 heterocycles. The zero-order valence-corrected chi connectivity index (χ0v) is 12.6. The third-order valence-corrected chi connectivity index (χ3v) is 3.14. The molecule has 0 saturated carbocycles. The molecule has 0 aliphatic rings. The highest BCUT2D eigenvalue weighted by Gasteiger charge is 2.07. The number of anilines is 2. The topological polar surface area (TPSA) is 67.4 Å². The molecule has 2 rings (SSSR count). The van der Waals surface area contributed by atoms with Gasteiger partial charge >= 0.3 is 5.97 Å². The molecule has 0 radical (unpaired) electrons. The van der Waals surface area contributed by atoms with Crippen LogP contribution in [0.25, 0.3) is 0 Å². The van der Waals surface area contributed by atoms with Gasteiger partial charge in [-0.2, -0.15) is 0 Å². The number of hydrogen-bond donors (Lipinski definition) is 2. The lowest BCUT2D eigenvalue weighted by molar-refractivity contribution is -0.116. The van der Waals surface area contributed by atoms with Crippen LogP contribution in [0.3, 0.4) is 0 Å². The summed E-state index contributed by atoms with van der Waals surface area (Å²) in [7, 11) is 1.32. The highest BCUT2D eigenvalue weighted by molar-refractivity contribution is 5.91. The minimum absolute atomic E-state index is 0.167. The summed E-state index contributed by atoms with van der Waals surface area (Å²) in [5, 5.41) is 5.57. The van der Waals surface area contributed by atoms with Gasteiger partial charge in [-0.05, 0) is 36.4 Å². The molecule has 0 aliphatic heterocycles. The lowest BCUT2D eigenvalue weighted by atomic mass is 10.2. The monoisotopic (exact) mass is 316 g/mol. The number of carbonyl (C=O) groups is 2. The van der Waals surface area contributed by atoms with Crippen molar-refractivity contribution >= 4 is 23.3 Å². The summed E-state index contributed by atoms with van der Waals surface area (Å²) in [5.41, 5.74) is 1.40. The predicted octanol–water partition coefficient (Wildman–Crippen LogP) is 3.05. The molecule has 0 aromatic heterocycles. The van der Waals surface area contributed by atoms with Crippen LogP contribution >= 0.6 is 0 Å². The number of ether oxygens (including phenoxy) is 1. The Labute approximate surface area is 133 Å². The van der Waals surface area contributed by atoms with Crippen LogP contribution in [0.1, 0.15) is 16.8 Å². The zero-order chi connectivity index (χ0) is 16.7. The average Bonchev–Trinajstić information content (AvgIpc) is 2.57. The minimum Gasteiger partial charge on any atom is -0.465 e. The highest BCUT2D eigenvalue weighted by atomic mass is 19.1. The molecule has 0 unspecified atom stereocenters. The van der Waals surface area contributed by atoms with Crippen LogP contribution in [0.15, 0.2) is 48.5 Å². The van der Waals surface area contributed by atoms with Crippen molar-refractivity contribution in [2.45, 2.75) is 6.42 Å². The highest BCUT2D eigenvalue weighted by Crippen LogP contribution is 2.13. The van der Waals surface area contributed by atoms with E-state index in [0.29, 0.717) is 12.1 Å². The lowest BCUT2D eigenvalue weighted by Gasteiger charge is -2.08. The number of nitrogens with one attached hydrogen (secondary N) is 2. The zero-order valence-electron chi connectivity index (χ0n) is 12.6. The van der Waals surface area contributed by atoms with Gasteiger partial charge in [-0.1, -0.05) is 12.1 Å². The third kappa shape index (κ3) is 4.81. The Morgan fingerprint density at radius 2 is 1.78 bits per heavy atom. The fourth-order valence-electron chi connectivity index (χ4n) is 1.94. The van der Waals surface area contributed by atoms with Gasteiger partial charge in [0.1, 0.15) is 5.82 Å². The van der Waals surface area contributed by atoms with Gasteiger partial charge in [0.25, 0.3) is 0 Å². The van der Waals surface area contributed by atoms with Gasteiger partial charge in [-0.25, -0.2) is 9.18 Å². The lowest BCUT2D eigenvalue weighted by Crippen LogP contribution is -2.17. The molecule has 0 spiro atoms. The molecule has 0 atom stereocenters. The van der Waals surface area contributed by atoms with E-state index in [0.717, 1.165) is 5.69 Å². The summed E-state index contributed by atoms with van der Waals surface area (Å²) >= 11 is 0. The summed E-state index contributed by atoms with van der Waals surface area (Å²) < 4.78 is 18.0. The number of halogens is 1. The Hall–Kier alpha value is -2.89. The molecule has 2 aromatic rings. The minimum atomic E-state index is -0.466. The maximum absolute atomic E-state index is 13.4. The summed E-state index contributed by atoms with van der Waals surface area (Å²) in [5.74, 6) is -1.15. The van der Waals surface area contributed by atoms with E-state index in [9.17, 15) is 14.0 Å². The van der Waals surface area contributed by atoms with Gasteiger partial charge < -0.3 is 15.4 Å². The molecule has 120 valence electrons. The van der Waals surface area contributed by atoms with E-state index in [1.165, 1.54) is 19.2 Å². The Morgan fingerprint density at radius 1 is 1.09 bits per heavy atom. The second-order valence-corrected chi connectivity index (χ2v) is 4.77. The van der Waals surface area contributed by atoms with Crippen molar-refractivity contribution in [3.8, 4) is 0 Å². The summed E-state index contributed by atoms with van der Waals surface area (Å²) in [6, 6.07) is 12.7. The van der Waals surface area contributed by atoms with Crippen LogP contribution in [-0.4, -0.2) is 25.5 Å². The van der Waals surface area contributed by atoms with E-state index in [1.54, 1.807) is 36.4 Å². The maximum Gasteiger partial charge on any atom is 0.337 e. The first kappa shape index (κ1) is 16.5. The van der Waals surface area contributed by atoms with Crippen LogP contribution in [0.5, 0.6) is 0 Å². The van der Waals surface area contributed by atoms with Crippen molar-refractivity contribution < 1.29 is 18.7 Å². The number of carbonyl (C=O) groups excluding carboxylic acids is 2. The second-order valence-electron chi connectivity index (χ2n) is 4.77. The van der Waals surface area contributed by atoms with Crippen molar-refractivity contribution in [2.24, 2.45) is 0 Å². The van der Waals surface area contributed by atoms with E-state index in [-0.39, 0.29) is 18.0 Å². The smallest absolute Gasteiger partial charge is 0.337 e. The average molecular weight is 316 g/mol. The summed E-state index contributed by atoms with van der Waals surface area (Å²) in [4.78, 5) is 23.1. The number of benzene rings is 2. The molecule has 0 bridgehead atoms. The van der Waals surface area contributed by atoms with Crippen LogP contribution in [-0.2, 0) is 9.53 Å². The van der Waals surface area contributed by atoms with Crippen LogP contribution in [0.4, 0.5) is 15.8 Å². The molecule has 5 nitrogen and oxygen atoms in total. The standard InChI is InChI=1S/C17H17FN2O3/c1-23-17(22)12-6-8-13(9-7-12)19-11-10-16(21)20-15-5-3-2-4-14(15)18/h2-9,19H,10-11H2,1H3,(H,20,21). The molecule has 2 aromatic carbocycles. The normalized spacial score (nSPS) is 10.0. The third-order valence-electron chi connectivity index (χ3n) is 3.14. The quantitative estimate of drug-likeness (QED) is 0.804. The SMILES string of the molecule is COC(=O)c1ccc(NCCC(=O)Nc2ccccc2F)cc1. The van der Waals surface area contributed by atoms with Crippen LogP contribution in [0.2, 0.25) is 0 Å². The Morgan fingerprint density at radius 3 is 2.43 bits per heavy atom. The number of methoxy groups -OCH3 is 1. The molecule has 0 aliphatic carbocycles. The van der Waals surface area contributed by atoms with Gasteiger partial charge in [0.2, 0.25) is 5.91 Å². The van der Waals surface area contributed by atoms with Gasteiger partial charge in [0.05, 0.1) is 18.4 Å². The van der Waals surface area contributed by atoms with Crippen LogP contribution in [0, 0.1) is 5.82 Å². The number of rotatable bonds is 6. The molecule has 6 heteroatoms. The van der Waals surface area contributed by atoms with E-state index >= 15 is 0 Å². The molecule has 0 fully saturated rings. The van der Waals surface area contributed by atoms with E-state index in [4.69, 9.17) is 0 Å². The fraction of sp³-hybridized carbons (Fsp3) is 0.176. The van der Waals surface area contributed by atoms with Crippen molar-refractivity contribution in [3.63, 3.8) is 0 Å². The first-order valence-corrected chi connectivity index (χ1v) is 7.07. The first-order chi connectivity index (χ1) is 11.1. The van der Waals surface area contributed by atoms with E-state index < -0.39 is 11.8 Å². The molecule has 0 saturated heterocycles. The fourth-order valence-corrected chi connectivity index (χ4v) is 1.94. The molecular weight excluding hydrogens is 299 g/mol. The largest absolute Gasteiger partial charge is 0.465 e.